The number of carbonyl (C=O) groups is 1. The number of fused-ring (bicyclic) bond motifs is 1. The van der Waals surface area contributed by atoms with Crippen molar-refractivity contribution in [3.8, 4) is 0 Å². The zero-order valence-corrected chi connectivity index (χ0v) is 17.9. The molecule has 2 aromatic carbocycles. The molecular weight excluding hydrogens is 400 g/mol. The fourth-order valence-electron chi connectivity index (χ4n) is 3.87. The molecule has 158 valence electrons. The molecule has 0 atom stereocenters. The van der Waals surface area contributed by atoms with Crippen LogP contribution in [0.3, 0.4) is 0 Å². The van der Waals surface area contributed by atoms with Gasteiger partial charge in [0.2, 0.25) is 15.9 Å². The third-order valence-electron chi connectivity index (χ3n) is 5.48. The van der Waals surface area contributed by atoms with Crippen LogP contribution in [0.15, 0.2) is 58.0 Å². The molecule has 1 saturated heterocycles. The second kappa shape index (κ2) is 8.62. The standard InChI is InChI=1S/C23H26N2O4S/c1-17-9-10-21-18(16-29-22(21)13-17)14-23(26)24-19-7-6-8-20(15-19)30(27,28)25-11-4-2-3-5-12-25/h6-10,13,15-16H,2-5,11-12,14H2,1H3,(H,24,26). The molecular formula is C23H26N2O4S. The predicted octanol–water partition coefficient (Wildman–Crippen LogP) is 4.49. The highest BCUT2D eigenvalue weighted by molar-refractivity contribution is 7.89. The van der Waals surface area contributed by atoms with Crippen molar-refractivity contribution in [3.05, 3.63) is 59.9 Å². The number of rotatable bonds is 5. The quantitative estimate of drug-likeness (QED) is 0.652. The molecule has 6 nitrogen and oxygen atoms in total. The summed E-state index contributed by atoms with van der Waals surface area (Å²) in [6, 6.07) is 12.4. The summed E-state index contributed by atoms with van der Waals surface area (Å²) in [6.45, 7) is 3.08. The summed E-state index contributed by atoms with van der Waals surface area (Å²) in [5.74, 6) is -0.220. The average molecular weight is 427 g/mol. The Morgan fingerprint density at radius 1 is 1.07 bits per heavy atom. The highest BCUT2D eigenvalue weighted by Crippen LogP contribution is 2.25. The van der Waals surface area contributed by atoms with E-state index in [1.807, 2.05) is 25.1 Å². The Bertz CT molecular complexity index is 1160. The number of anilines is 1. The highest BCUT2D eigenvalue weighted by atomic mass is 32.2. The Hall–Kier alpha value is -2.64. The Morgan fingerprint density at radius 2 is 1.83 bits per heavy atom. The van der Waals surface area contributed by atoms with Gasteiger partial charge in [-0.15, -0.1) is 0 Å². The largest absolute Gasteiger partial charge is 0.464 e. The fourth-order valence-corrected chi connectivity index (χ4v) is 5.43. The normalized spacial score (nSPS) is 15.8. The van der Waals surface area contributed by atoms with Crippen LogP contribution in [0.5, 0.6) is 0 Å². The maximum absolute atomic E-state index is 13.0. The van der Waals surface area contributed by atoms with E-state index in [1.165, 1.54) is 6.07 Å². The lowest BCUT2D eigenvalue weighted by Crippen LogP contribution is -2.32. The van der Waals surface area contributed by atoms with Gasteiger partial charge in [0.05, 0.1) is 17.6 Å². The maximum atomic E-state index is 13.0. The molecule has 0 aliphatic carbocycles. The first-order valence-electron chi connectivity index (χ1n) is 10.3. The molecule has 0 spiro atoms. The average Bonchev–Trinajstić information content (AvgIpc) is 2.92. The van der Waals surface area contributed by atoms with Crippen molar-refractivity contribution >= 4 is 32.6 Å². The Morgan fingerprint density at radius 3 is 2.60 bits per heavy atom. The Labute approximate surface area is 176 Å². The third-order valence-corrected chi connectivity index (χ3v) is 7.38. The van der Waals surface area contributed by atoms with Gasteiger partial charge in [0, 0.05) is 29.7 Å². The summed E-state index contributed by atoms with van der Waals surface area (Å²) in [7, 11) is -3.56. The summed E-state index contributed by atoms with van der Waals surface area (Å²) < 4.78 is 33.1. The van der Waals surface area contributed by atoms with Crippen molar-refractivity contribution in [3.63, 3.8) is 0 Å². The molecule has 1 aromatic heterocycles. The van der Waals surface area contributed by atoms with Crippen LogP contribution >= 0.6 is 0 Å². The first-order chi connectivity index (χ1) is 14.4. The molecule has 0 radical (unpaired) electrons. The predicted molar refractivity (Wildman–Crippen MR) is 117 cm³/mol. The minimum atomic E-state index is -3.56. The van der Waals surface area contributed by atoms with Gasteiger partial charge in [0.1, 0.15) is 5.58 Å². The molecule has 1 amide bonds. The van der Waals surface area contributed by atoms with E-state index in [1.54, 1.807) is 28.8 Å². The number of furan rings is 1. The van der Waals surface area contributed by atoms with Crippen LogP contribution in [0.4, 0.5) is 5.69 Å². The van der Waals surface area contributed by atoms with Crippen molar-refractivity contribution in [1.29, 1.82) is 0 Å². The number of carbonyl (C=O) groups excluding carboxylic acids is 1. The van der Waals surface area contributed by atoms with Crippen LogP contribution in [-0.4, -0.2) is 31.7 Å². The maximum Gasteiger partial charge on any atom is 0.243 e. The molecule has 30 heavy (non-hydrogen) atoms. The van der Waals surface area contributed by atoms with E-state index in [4.69, 9.17) is 4.42 Å². The number of nitrogens with one attached hydrogen (secondary N) is 1. The van der Waals surface area contributed by atoms with Crippen LogP contribution in [-0.2, 0) is 21.2 Å². The van der Waals surface area contributed by atoms with E-state index < -0.39 is 10.0 Å². The van der Waals surface area contributed by atoms with E-state index in [-0.39, 0.29) is 17.2 Å². The fraction of sp³-hybridized carbons (Fsp3) is 0.348. The van der Waals surface area contributed by atoms with Crippen LogP contribution in [0.1, 0.15) is 36.8 Å². The highest BCUT2D eigenvalue weighted by Gasteiger charge is 2.25. The van der Waals surface area contributed by atoms with E-state index in [9.17, 15) is 13.2 Å². The van der Waals surface area contributed by atoms with Crippen LogP contribution in [0.25, 0.3) is 11.0 Å². The van der Waals surface area contributed by atoms with Gasteiger partial charge < -0.3 is 9.73 Å². The van der Waals surface area contributed by atoms with E-state index in [0.29, 0.717) is 18.8 Å². The van der Waals surface area contributed by atoms with Crippen LogP contribution in [0.2, 0.25) is 0 Å². The van der Waals surface area contributed by atoms with Gasteiger partial charge in [0.15, 0.2) is 0 Å². The third kappa shape index (κ3) is 4.42. The number of hydrogen-bond donors (Lipinski definition) is 1. The Balaban J connectivity index is 1.49. The zero-order valence-electron chi connectivity index (χ0n) is 17.1. The van der Waals surface area contributed by atoms with Gasteiger partial charge in [-0.2, -0.15) is 4.31 Å². The first kappa shape index (κ1) is 20.6. The van der Waals surface area contributed by atoms with E-state index >= 15 is 0 Å². The van der Waals surface area contributed by atoms with Crippen molar-refractivity contribution in [2.75, 3.05) is 18.4 Å². The molecule has 1 aliphatic heterocycles. The molecule has 0 bridgehead atoms. The summed E-state index contributed by atoms with van der Waals surface area (Å²) >= 11 is 0. The minimum Gasteiger partial charge on any atom is -0.464 e. The minimum absolute atomic E-state index is 0.152. The number of sulfonamides is 1. The first-order valence-corrected chi connectivity index (χ1v) is 11.7. The lowest BCUT2D eigenvalue weighted by atomic mass is 10.1. The number of nitrogens with zero attached hydrogens (tertiary/aromatic N) is 1. The number of amides is 1. The SMILES string of the molecule is Cc1ccc2c(CC(=O)Nc3cccc(S(=O)(=O)N4CCCCCC4)c3)coc2c1. The molecule has 1 N–H and O–H groups in total. The summed E-state index contributed by atoms with van der Waals surface area (Å²) in [5, 5.41) is 3.73. The van der Waals surface area contributed by atoms with Gasteiger partial charge in [0.25, 0.3) is 0 Å². The monoisotopic (exact) mass is 426 g/mol. The zero-order chi connectivity index (χ0) is 21.1. The van der Waals surface area contributed by atoms with E-state index in [2.05, 4.69) is 5.32 Å². The molecule has 7 heteroatoms. The smallest absolute Gasteiger partial charge is 0.243 e. The summed E-state index contributed by atoms with van der Waals surface area (Å²) in [6.07, 6.45) is 5.64. The molecule has 4 rings (SSSR count). The summed E-state index contributed by atoms with van der Waals surface area (Å²) in [5.41, 5.74) is 3.12. The number of hydrogen-bond acceptors (Lipinski definition) is 4. The molecule has 0 saturated carbocycles. The van der Waals surface area contributed by atoms with Gasteiger partial charge in [-0.1, -0.05) is 31.0 Å². The van der Waals surface area contributed by atoms with Gasteiger partial charge in [-0.3, -0.25) is 4.79 Å². The molecule has 3 aromatic rings. The van der Waals surface area contributed by atoms with Crippen LogP contribution < -0.4 is 5.32 Å². The van der Waals surface area contributed by atoms with Crippen molar-refractivity contribution < 1.29 is 17.6 Å². The molecule has 1 fully saturated rings. The second-order valence-corrected chi connectivity index (χ2v) is 9.77. The molecule has 1 aliphatic rings. The van der Waals surface area contributed by atoms with Crippen molar-refractivity contribution in [2.24, 2.45) is 0 Å². The lowest BCUT2D eigenvalue weighted by molar-refractivity contribution is -0.115. The van der Waals surface area contributed by atoms with Crippen molar-refractivity contribution in [1.82, 2.24) is 4.31 Å². The summed E-state index contributed by atoms with van der Waals surface area (Å²) in [4.78, 5) is 12.8. The van der Waals surface area contributed by atoms with E-state index in [0.717, 1.165) is 47.8 Å². The molecule has 0 unspecified atom stereocenters. The Kier molecular flexibility index (Phi) is 5.92. The number of aryl methyl sites for hydroxylation is 1. The van der Waals surface area contributed by atoms with Gasteiger partial charge >= 0.3 is 0 Å². The van der Waals surface area contributed by atoms with Gasteiger partial charge in [-0.05, 0) is 49.6 Å². The van der Waals surface area contributed by atoms with Crippen LogP contribution in [0, 0.1) is 6.92 Å². The number of benzene rings is 2. The van der Waals surface area contributed by atoms with Crippen molar-refractivity contribution in [2.45, 2.75) is 43.9 Å². The van der Waals surface area contributed by atoms with Gasteiger partial charge in [-0.25, -0.2) is 8.42 Å². The molecule has 2 heterocycles. The lowest BCUT2D eigenvalue weighted by Gasteiger charge is -2.20. The second-order valence-electron chi connectivity index (χ2n) is 7.83. The topological polar surface area (TPSA) is 79.6 Å².